The van der Waals surface area contributed by atoms with Crippen molar-refractivity contribution in [3.8, 4) is 0 Å². The molecule has 0 aliphatic carbocycles. The quantitative estimate of drug-likeness (QED) is 0.588. The lowest BCUT2D eigenvalue weighted by atomic mass is 10.2. The lowest BCUT2D eigenvalue weighted by molar-refractivity contribution is -0.384. The van der Waals surface area contributed by atoms with Gasteiger partial charge in [-0.25, -0.2) is 4.98 Å². The van der Waals surface area contributed by atoms with Gasteiger partial charge < -0.3 is 10.6 Å². The number of hydrogen-bond acceptors (Lipinski definition) is 5. The number of hydrogen-bond donors (Lipinski definition) is 2. The van der Waals surface area contributed by atoms with Crippen molar-refractivity contribution in [2.24, 2.45) is 5.92 Å². The molecule has 0 saturated heterocycles. The molecule has 2 N–H and O–H groups in total. The van der Waals surface area contributed by atoms with E-state index < -0.39 is 4.92 Å². The summed E-state index contributed by atoms with van der Waals surface area (Å²) >= 11 is 0. The van der Waals surface area contributed by atoms with Crippen LogP contribution in [0.4, 0.5) is 17.3 Å². The summed E-state index contributed by atoms with van der Waals surface area (Å²) in [7, 11) is 0. The fourth-order valence-electron chi connectivity index (χ4n) is 1.29. The first-order valence-corrected chi connectivity index (χ1v) is 5.67. The van der Waals surface area contributed by atoms with E-state index in [1.165, 1.54) is 12.1 Å². The van der Waals surface area contributed by atoms with Gasteiger partial charge in [-0.1, -0.05) is 13.8 Å². The van der Waals surface area contributed by atoms with Gasteiger partial charge >= 0.3 is 0 Å². The summed E-state index contributed by atoms with van der Waals surface area (Å²) in [6.45, 7) is 7.46. The molecule has 0 spiro atoms. The number of nitro groups is 1. The zero-order chi connectivity index (χ0) is 12.8. The number of pyridine rings is 1. The monoisotopic (exact) mass is 238 g/mol. The third-order valence-corrected chi connectivity index (χ3v) is 2.07. The van der Waals surface area contributed by atoms with Crippen molar-refractivity contribution in [1.29, 1.82) is 0 Å². The summed E-state index contributed by atoms with van der Waals surface area (Å²) in [6.07, 6.45) is 0. The third kappa shape index (κ3) is 4.26. The minimum Gasteiger partial charge on any atom is -0.370 e. The Hall–Kier alpha value is -1.85. The highest BCUT2D eigenvalue weighted by Gasteiger charge is 2.10. The number of nitrogens with one attached hydrogen (secondary N) is 2. The van der Waals surface area contributed by atoms with E-state index in [4.69, 9.17) is 0 Å². The minimum absolute atomic E-state index is 0.0437. The second kappa shape index (κ2) is 6.03. The summed E-state index contributed by atoms with van der Waals surface area (Å²) in [4.78, 5) is 14.6. The van der Waals surface area contributed by atoms with Crippen molar-refractivity contribution in [2.75, 3.05) is 23.7 Å². The van der Waals surface area contributed by atoms with Crippen LogP contribution in [0.15, 0.2) is 12.1 Å². The average Bonchev–Trinajstić information content (AvgIpc) is 2.26. The van der Waals surface area contributed by atoms with E-state index in [0.29, 0.717) is 24.1 Å². The van der Waals surface area contributed by atoms with Crippen LogP contribution in [0, 0.1) is 16.0 Å². The molecular formula is C11H18N4O2. The van der Waals surface area contributed by atoms with Gasteiger partial charge in [0.2, 0.25) is 0 Å². The Morgan fingerprint density at radius 2 is 1.94 bits per heavy atom. The van der Waals surface area contributed by atoms with Gasteiger partial charge in [-0.05, 0) is 12.8 Å². The Morgan fingerprint density at radius 1 is 1.35 bits per heavy atom. The fraction of sp³-hybridized carbons (Fsp3) is 0.545. The first-order chi connectivity index (χ1) is 8.02. The van der Waals surface area contributed by atoms with E-state index in [0.717, 1.165) is 6.54 Å². The number of anilines is 2. The van der Waals surface area contributed by atoms with Gasteiger partial charge in [-0.15, -0.1) is 0 Å². The van der Waals surface area contributed by atoms with Crippen LogP contribution in [0.3, 0.4) is 0 Å². The van der Waals surface area contributed by atoms with Crippen molar-refractivity contribution < 1.29 is 4.92 Å². The lowest BCUT2D eigenvalue weighted by Crippen LogP contribution is -2.10. The van der Waals surface area contributed by atoms with E-state index in [-0.39, 0.29) is 5.69 Å². The summed E-state index contributed by atoms with van der Waals surface area (Å²) in [5, 5.41) is 16.8. The zero-order valence-corrected chi connectivity index (χ0v) is 10.4. The second-order valence-electron chi connectivity index (χ2n) is 4.16. The van der Waals surface area contributed by atoms with Crippen molar-refractivity contribution in [3.05, 3.63) is 22.2 Å². The molecule has 0 aliphatic heterocycles. The zero-order valence-electron chi connectivity index (χ0n) is 10.4. The average molecular weight is 238 g/mol. The van der Waals surface area contributed by atoms with Crippen LogP contribution in [-0.4, -0.2) is 23.0 Å². The highest BCUT2D eigenvalue weighted by atomic mass is 16.6. The van der Waals surface area contributed by atoms with E-state index >= 15 is 0 Å². The molecule has 0 aliphatic rings. The maximum Gasteiger partial charge on any atom is 0.276 e. The molecule has 0 bridgehead atoms. The fourth-order valence-corrected chi connectivity index (χ4v) is 1.29. The van der Waals surface area contributed by atoms with E-state index in [1.807, 2.05) is 6.92 Å². The molecule has 0 unspecified atom stereocenters. The Bertz CT molecular complexity index is 393. The molecule has 94 valence electrons. The van der Waals surface area contributed by atoms with Gasteiger partial charge in [0.15, 0.2) is 0 Å². The molecule has 1 aromatic heterocycles. The van der Waals surface area contributed by atoms with Crippen molar-refractivity contribution in [1.82, 2.24) is 4.98 Å². The Kier molecular flexibility index (Phi) is 4.68. The Morgan fingerprint density at radius 3 is 2.41 bits per heavy atom. The van der Waals surface area contributed by atoms with Crippen LogP contribution >= 0.6 is 0 Å². The van der Waals surface area contributed by atoms with Gasteiger partial charge in [-0.3, -0.25) is 10.1 Å². The topological polar surface area (TPSA) is 80.1 Å². The van der Waals surface area contributed by atoms with Crippen LogP contribution < -0.4 is 10.6 Å². The normalized spacial score (nSPS) is 10.4. The number of aromatic nitrogens is 1. The molecule has 6 nitrogen and oxygen atoms in total. The van der Waals surface area contributed by atoms with Gasteiger partial charge in [0.25, 0.3) is 5.69 Å². The molecule has 0 fully saturated rings. The molecule has 1 aromatic rings. The molecule has 0 amide bonds. The van der Waals surface area contributed by atoms with Crippen molar-refractivity contribution in [3.63, 3.8) is 0 Å². The summed E-state index contributed by atoms with van der Waals surface area (Å²) in [5.74, 6) is 1.51. The SMILES string of the molecule is CCNc1cc([N+](=O)[O-])cc(NCC(C)C)n1. The van der Waals surface area contributed by atoms with Gasteiger partial charge in [0.05, 0.1) is 17.1 Å². The molecule has 17 heavy (non-hydrogen) atoms. The molecule has 6 heteroatoms. The predicted molar refractivity (Wildman–Crippen MR) is 68.4 cm³/mol. The molecule has 0 saturated carbocycles. The maximum atomic E-state index is 10.8. The molecule has 0 radical (unpaired) electrons. The first kappa shape index (κ1) is 13.2. The summed E-state index contributed by atoms with van der Waals surface area (Å²) in [6, 6.07) is 2.88. The van der Waals surface area contributed by atoms with E-state index in [1.54, 1.807) is 0 Å². The van der Waals surface area contributed by atoms with Gasteiger partial charge in [0, 0.05) is 13.1 Å². The summed E-state index contributed by atoms with van der Waals surface area (Å²) in [5.41, 5.74) is 0.0437. The van der Waals surface area contributed by atoms with Crippen LogP contribution in [0.25, 0.3) is 0 Å². The second-order valence-corrected chi connectivity index (χ2v) is 4.16. The highest BCUT2D eigenvalue weighted by molar-refractivity contribution is 5.54. The summed E-state index contributed by atoms with van der Waals surface area (Å²) < 4.78 is 0. The Labute approximate surface area is 101 Å². The van der Waals surface area contributed by atoms with Crippen LogP contribution in [0.5, 0.6) is 0 Å². The minimum atomic E-state index is -0.414. The number of rotatable bonds is 6. The van der Waals surface area contributed by atoms with Crippen LogP contribution in [-0.2, 0) is 0 Å². The molecular weight excluding hydrogens is 220 g/mol. The number of nitrogens with zero attached hydrogens (tertiary/aromatic N) is 2. The molecule has 1 rings (SSSR count). The van der Waals surface area contributed by atoms with Crippen molar-refractivity contribution >= 4 is 17.3 Å². The largest absolute Gasteiger partial charge is 0.370 e. The van der Waals surface area contributed by atoms with Crippen molar-refractivity contribution in [2.45, 2.75) is 20.8 Å². The molecule has 1 heterocycles. The molecule has 0 atom stereocenters. The maximum absolute atomic E-state index is 10.8. The Balaban J connectivity index is 2.91. The lowest BCUT2D eigenvalue weighted by Gasteiger charge is -2.10. The first-order valence-electron chi connectivity index (χ1n) is 5.67. The molecule has 0 aromatic carbocycles. The van der Waals surface area contributed by atoms with Gasteiger partial charge in [0.1, 0.15) is 11.6 Å². The standard InChI is InChI=1S/C11H18N4O2/c1-4-12-10-5-9(15(16)17)6-11(14-10)13-7-8(2)3/h5-6,8H,4,7H2,1-3H3,(H2,12,13,14). The third-order valence-electron chi connectivity index (χ3n) is 2.07. The van der Waals surface area contributed by atoms with E-state index in [2.05, 4.69) is 29.5 Å². The van der Waals surface area contributed by atoms with Crippen LogP contribution in [0.1, 0.15) is 20.8 Å². The van der Waals surface area contributed by atoms with Gasteiger partial charge in [-0.2, -0.15) is 0 Å². The smallest absolute Gasteiger partial charge is 0.276 e. The van der Waals surface area contributed by atoms with E-state index in [9.17, 15) is 10.1 Å². The predicted octanol–water partition coefficient (Wildman–Crippen LogP) is 2.49. The highest BCUT2D eigenvalue weighted by Crippen LogP contribution is 2.20. The van der Waals surface area contributed by atoms with Crippen LogP contribution in [0.2, 0.25) is 0 Å².